The summed E-state index contributed by atoms with van der Waals surface area (Å²) < 4.78 is 12.1. The summed E-state index contributed by atoms with van der Waals surface area (Å²) in [5.41, 5.74) is 6.31. The number of β-amino-alcohol motifs (C(OH)–C–C–N with tert-alkyl or cyclic N) is 1. The number of nitrogens with two attached hydrogens (primary N) is 1. The number of ether oxygens (including phenoxy) is 1. The molecule has 0 bridgehead atoms. The SMILES string of the molecule is CN1CC[C@H](c2c(OC(=O)N3CCC[C@H]3CN)cc(O)c3c(=O)cc(-c4ccccc4Cl)oc23)[C@H](O)C1. The first-order valence-electron chi connectivity index (χ1n) is 12.4. The van der Waals surface area contributed by atoms with Crippen LogP contribution in [-0.2, 0) is 0 Å². The third-order valence-corrected chi connectivity index (χ3v) is 7.69. The third-order valence-electron chi connectivity index (χ3n) is 7.36. The van der Waals surface area contributed by atoms with E-state index in [0.717, 1.165) is 12.8 Å². The first kappa shape index (κ1) is 25.5. The quantitative estimate of drug-likeness (QED) is 0.470. The zero-order chi connectivity index (χ0) is 26.3. The molecule has 3 heterocycles. The maximum Gasteiger partial charge on any atom is 0.415 e. The van der Waals surface area contributed by atoms with E-state index < -0.39 is 23.5 Å². The molecule has 0 aliphatic carbocycles. The molecule has 2 aliphatic rings. The minimum absolute atomic E-state index is 0.0438. The van der Waals surface area contributed by atoms with Crippen LogP contribution in [0.25, 0.3) is 22.3 Å². The average molecular weight is 528 g/mol. The highest BCUT2D eigenvalue weighted by atomic mass is 35.5. The summed E-state index contributed by atoms with van der Waals surface area (Å²) in [5, 5.41) is 22.3. The number of carbonyl (C=O) groups excluding carboxylic acids is 1. The van der Waals surface area contributed by atoms with Gasteiger partial charge in [-0.3, -0.25) is 4.79 Å². The number of aliphatic hydroxyl groups is 1. The molecule has 2 aliphatic heterocycles. The van der Waals surface area contributed by atoms with Gasteiger partial charge in [0.05, 0.1) is 11.1 Å². The molecular weight excluding hydrogens is 498 g/mol. The summed E-state index contributed by atoms with van der Waals surface area (Å²) in [6, 6.07) is 9.35. The zero-order valence-electron chi connectivity index (χ0n) is 20.5. The number of hydrogen-bond donors (Lipinski definition) is 3. The molecule has 1 amide bonds. The first-order chi connectivity index (χ1) is 17.8. The normalized spacial score (nSPS) is 22.5. The van der Waals surface area contributed by atoms with E-state index in [1.165, 1.54) is 12.1 Å². The van der Waals surface area contributed by atoms with E-state index in [4.69, 9.17) is 26.5 Å². The molecule has 2 fully saturated rings. The molecule has 0 spiro atoms. The van der Waals surface area contributed by atoms with Crippen molar-refractivity contribution in [3.8, 4) is 22.8 Å². The molecule has 5 rings (SSSR count). The van der Waals surface area contributed by atoms with Crippen LogP contribution in [0.15, 0.2) is 45.6 Å². The Labute approximate surface area is 219 Å². The number of amides is 1. The number of carbonyl (C=O) groups is 1. The smallest absolute Gasteiger partial charge is 0.415 e. The van der Waals surface area contributed by atoms with Crippen molar-refractivity contribution >= 4 is 28.7 Å². The van der Waals surface area contributed by atoms with Gasteiger partial charge < -0.3 is 34.9 Å². The second-order valence-electron chi connectivity index (χ2n) is 9.78. The van der Waals surface area contributed by atoms with Crippen LogP contribution in [0.2, 0.25) is 5.02 Å². The number of fused-ring (bicyclic) bond motifs is 1. The lowest BCUT2D eigenvalue weighted by Gasteiger charge is -2.35. The number of hydrogen-bond acceptors (Lipinski definition) is 8. The fourth-order valence-electron chi connectivity index (χ4n) is 5.44. The van der Waals surface area contributed by atoms with Gasteiger partial charge in [0, 0.05) is 54.9 Å². The predicted molar refractivity (Wildman–Crippen MR) is 140 cm³/mol. The average Bonchev–Trinajstić information content (AvgIpc) is 3.34. The highest BCUT2D eigenvalue weighted by Gasteiger charge is 2.36. The largest absolute Gasteiger partial charge is 0.507 e. The Morgan fingerprint density at radius 1 is 1.24 bits per heavy atom. The van der Waals surface area contributed by atoms with Crippen molar-refractivity contribution in [2.75, 3.05) is 33.2 Å². The molecule has 3 atom stereocenters. The van der Waals surface area contributed by atoms with Gasteiger partial charge >= 0.3 is 6.09 Å². The molecule has 0 radical (unpaired) electrons. The molecule has 9 nitrogen and oxygen atoms in total. The summed E-state index contributed by atoms with van der Waals surface area (Å²) in [7, 11) is 1.91. The van der Waals surface area contributed by atoms with Crippen LogP contribution in [0.1, 0.15) is 30.7 Å². The van der Waals surface area contributed by atoms with Crippen molar-refractivity contribution in [1.82, 2.24) is 9.80 Å². The standard InChI is InChI=1S/C27H30ClN3O6/c1-30-10-8-17(21(34)14-30)24-23(37-27(35)31-9-4-5-15(31)13-29)12-20(33)25-19(32)11-22(36-26(24)25)16-6-2-3-7-18(16)28/h2-3,6-7,11-12,15,17,21,33-34H,4-5,8-10,13-14,29H2,1H3/t15-,17-,21+/m0/s1. The van der Waals surface area contributed by atoms with Crippen molar-refractivity contribution in [2.24, 2.45) is 5.73 Å². The third kappa shape index (κ3) is 4.80. The van der Waals surface area contributed by atoms with Crippen LogP contribution in [-0.4, -0.2) is 71.5 Å². The fourth-order valence-corrected chi connectivity index (χ4v) is 5.67. The van der Waals surface area contributed by atoms with Gasteiger partial charge in [-0.2, -0.15) is 0 Å². The van der Waals surface area contributed by atoms with Crippen LogP contribution < -0.4 is 15.9 Å². The van der Waals surface area contributed by atoms with Crippen molar-refractivity contribution in [3.05, 3.63) is 57.2 Å². The number of aliphatic hydroxyl groups excluding tert-OH is 1. The second-order valence-corrected chi connectivity index (χ2v) is 10.2. The summed E-state index contributed by atoms with van der Waals surface area (Å²) in [6.45, 7) is 1.89. The van der Waals surface area contributed by atoms with E-state index in [1.54, 1.807) is 29.2 Å². The molecule has 4 N–H and O–H groups in total. The van der Waals surface area contributed by atoms with E-state index in [2.05, 4.69) is 0 Å². The topological polar surface area (TPSA) is 129 Å². The van der Waals surface area contributed by atoms with Crippen molar-refractivity contribution in [3.63, 3.8) is 0 Å². The van der Waals surface area contributed by atoms with E-state index in [9.17, 15) is 19.8 Å². The van der Waals surface area contributed by atoms with Crippen LogP contribution in [0.5, 0.6) is 11.5 Å². The lowest BCUT2D eigenvalue weighted by molar-refractivity contribution is 0.0627. The van der Waals surface area contributed by atoms with Gasteiger partial charge in [-0.25, -0.2) is 4.79 Å². The van der Waals surface area contributed by atoms with Crippen LogP contribution in [0.3, 0.4) is 0 Å². The highest BCUT2D eigenvalue weighted by molar-refractivity contribution is 6.33. The second kappa shape index (κ2) is 10.3. The first-order valence-corrected chi connectivity index (χ1v) is 12.8. The number of likely N-dealkylation sites (tertiary alicyclic amines) is 2. The number of aromatic hydroxyl groups is 1. The Balaban J connectivity index is 1.70. The summed E-state index contributed by atoms with van der Waals surface area (Å²) in [6.07, 6.45) is 0.709. The number of rotatable bonds is 4. The lowest BCUT2D eigenvalue weighted by Crippen LogP contribution is -2.42. The van der Waals surface area contributed by atoms with Gasteiger partial charge in [-0.1, -0.05) is 23.7 Å². The minimum Gasteiger partial charge on any atom is -0.507 e. The molecule has 0 unspecified atom stereocenters. The molecule has 1 aromatic heterocycles. The van der Waals surface area contributed by atoms with Gasteiger partial charge in [0.15, 0.2) is 5.43 Å². The highest BCUT2D eigenvalue weighted by Crippen LogP contribution is 2.44. The zero-order valence-corrected chi connectivity index (χ0v) is 21.3. The van der Waals surface area contributed by atoms with Gasteiger partial charge in [0.1, 0.15) is 28.2 Å². The Bertz CT molecular complexity index is 1390. The maximum absolute atomic E-state index is 13.2. The number of halogens is 1. The van der Waals surface area contributed by atoms with Gasteiger partial charge in [-0.15, -0.1) is 0 Å². The Hall–Kier alpha value is -3.11. The van der Waals surface area contributed by atoms with E-state index in [-0.39, 0.29) is 34.3 Å². The van der Waals surface area contributed by atoms with E-state index in [1.807, 2.05) is 11.9 Å². The number of nitrogens with zero attached hydrogens (tertiary/aromatic N) is 2. The summed E-state index contributed by atoms with van der Waals surface area (Å²) >= 11 is 6.38. The Kier molecular flexibility index (Phi) is 7.13. The van der Waals surface area contributed by atoms with Crippen molar-refractivity contribution in [1.29, 1.82) is 0 Å². The van der Waals surface area contributed by atoms with Crippen LogP contribution in [0, 0.1) is 0 Å². The van der Waals surface area contributed by atoms with Crippen LogP contribution in [0.4, 0.5) is 4.79 Å². The lowest BCUT2D eigenvalue weighted by atomic mass is 9.85. The summed E-state index contributed by atoms with van der Waals surface area (Å²) in [5.74, 6) is -0.626. The number of phenolic OH excluding ortho intramolecular Hbond substituents is 1. The number of likely N-dealkylation sites (N-methyl/N-ethyl adjacent to an activating group) is 1. The van der Waals surface area contributed by atoms with Crippen LogP contribution >= 0.6 is 11.6 Å². The van der Waals surface area contributed by atoms with Gasteiger partial charge in [0.25, 0.3) is 0 Å². The summed E-state index contributed by atoms with van der Waals surface area (Å²) in [4.78, 5) is 30.0. The molecule has 3 aromatic rings. The van der Waals surface area contributed by atoms with Gasteiger partial charge in [0.2, 0.25) is 0 Å². The van der Waals surface area contributed by atoms with E-state index in [0.29, 0.717) is 48.7 Å². The molecule has 37 heavy (non-hydrogen) atoms. The minimum atomic E-state index is -0.818. The Morgan fingerprint density at radius 3 is 2.76 bits per heavy atom. The number of phenols is 1. The molecule has 0 saturated carbocycles. The van der Waals surface area contributed by atoms with Gasteiger partial charge in [-0.05, 0) is 45.0 Å². The number of benzene rings is 2. The van der Waals surface area contributed by atoms with E-state index >= 15 is 0 Å². The predicted octanol–water partition coefficient (Wildman–Crippen LogP) is 3.52. The molecule has 196 valence electrons. The number of piperidine rings is 1. The molecule has 2 saturated heterocycles. The maximum atomic E-state index is 13.2. The fraction of sp³-hybridized carbons (Fsp3) is 0.407. The monoisotopic (exact) mass is 527 g/mol. The molecular formula is C27H30ClN3O6. The molecule has 2 aromatic carbocycles. The van der Waals surface area contributed by atoms with Crippen molar-refractivity contribution in [2.45, 2.75) is 37.3 Å². The Morgan fingerprint density at radius 2 is 2.03 bits per heavy atom. The van der Waals surface area contributed by atoms with Crippen molar-refractivity contribution < 1.29 is 24.2 Å². The molecule has 10 heteroatoms.